The minimum atomic E-state index is -3.62. The average molecular weight is 426 g/mol. The summed E-state index contributed by atoms with van der Waals surface area (Å²) in [4.78, 5) is 12.7. The predicted octanol–water partition coefficient (Wildman–Crippen LogP) is 2.88. The van der Waals surface area contributed by atoms with Gasteiger partial charge in [0.2, 0.25) is 10.0 Å². The predicted molar refractivity (Wildman–Crippen MR) is 114 cm³/mol. The molecule has 0 fully saturated rings. The molecular formula is C20H28ClN3O3S. The van der Waals surface area contributed by atoms with Crippen molar-refractivity contribution in [2.24, 2.45) is 5.73 Å². The van der Waals surface area contributed by atoms with Crippen LogP contribution in [0.5, 0.6) is 0 Å². The van der Waals surface area contributed by atoms with Gasteiger partial charge in [0, 0.05) is 31.2 Å². The summed E-state index contributed by atoms with van der Waals surface area (Å²) >= 11 is 0. The third kappa shape index (κ3) is 5.54. The number of nitrogens with zero attached hydrogens (tertiary/aromatic N) is 1. The van der Waals surface area contributed by atoms with E-state index < -0.39 is 10.0 Å². The normalized spacial score (nSPS) is 12.3. The first kappa shape index (κ1) is 24.1. The highest BCUT2D eigenvalue weighted by molar-refractivity contribution is 7.89. The first-order chi connectivity index (χ1) is 12.8. The lowest BCUT2D eigenvalue weighted by atomic mass is 10.1. The first-order valence-corrected chi connectivity index (χ1v) is 10.4. The van der Waals surface area contributed by atoms with E-state index in [1.165, 1.54) is 16.4 Å². The Morgan fingerprint density at radius 1 is 1.11 bits per heavy atom. The highest BCUT2D eigenvalue weighted by Gasteiger charge is 2.23. The maximum absolute atomic E-state index is 12.7. The van der Waals surface area contributed by atoms with Crippen molar-refractivity contribution in [1.82, 2.24) is 9.62 Å². The molecule has 0 aliphatic carbocycles. The number of halogens is 1. The summed E-state index contributed by atoms with van der Waals surface area (Å²) < 4.78 is 26.8. The third-order valence-electron chi connectivity index (χ3n) is 4.51. The summed E-state index contributed by atoms with van der Waals surface area (Å²) in [6, 6.07) is 13.8. The van der Waals surface area contributed by atoms with E-state index in [0.717, 1.165) is 5.56 Å². The molecule has 1 unspecified atom stereocenters. The Balaban J connectivity index is 0.00000392. The highest BCUT2D eigenvalue weighted by atomic mass is 35.5. The van der Waals surface area contributed by atoms with Gasteiger partial charge >= 0.3 is 0 Å². The summed E-state index contributed by atoms with van der Waals surface area (Å²) in [5.41, 5.74) is 8.08. The van der Waals surface area contributed by atoms with E-state index in [2.05, 4.69) is 5.32 Å². The molecular weight excluding hydrogens is 398 g/mol. The fourth-order valence-electron chi connectivity index (χ4n) is 2.83. The molecule has 1 amide bonds. The third-order valence-corrected chi connectivity index (χ3v) is 6.55. The van der Waals surface area contributed by atoms with Crippen molar-refractivity contribution >= 4 is 28.3 Å². The topological polar surface area (TPSA) is 92.5 Å². The molecule has 2 aromatic rings. The van der Waals surface area contributed by atoms with Gasteiger partial charge in [0.05, 0.1) is 4.90 Å². The van der Waals surface area contributed by atoms with Gasteiger partial charge < -0.3 is 11.1 Å². The lowest BCUT2D eigenvalue weighted by molar-refractivity contribution is 0.0950. The van der Waals surface area contributed by atoms with Gasteiger partial charge in [-0.05, 0) is 30.2 Å². The maximum Gasteiger partial charge on any atom is 0.251 e. The molecule has 0 saturated carbocycles. The van der Waals surface area contributed by atoms with Gasteiger partial charge in [0.15, 0.2) is 0 Å². The minimum absolute atomic E-state index is 0. The van der Waals surface area contributed by atoms with E-state index >= 15 is 0 Å². The number of hydrogen-bond acceptors (Lipinski definition) is 4. The lowest BCUT2D eigenvalue weighted by Gasteiger charge is -2.19. The van der Waals surface area contributed by atoms with Gasteiger partial charge in [-0.2, -0.15) is 4.31 Å². The van der Waals surface area contributed by atoms with E-state index in [-0.39, 0.29) is 35.8 Å². The molecule has 0 saturated heterocycles. The maximum atomic E-state index is 12.7. The Morgan fingerprint density at radius 3 is 2.29 bits per heavy atom. The van der Waals surface area contributed by atoms with Crippen molar-refractivity contribution in [2.75, 3.05) is 19.6 Å². The zero-order chi connectivity index (χ0) is 20.0. The molecule has 0 aliphatic rings. The summed E-state index contributed by atoms with van der Waals surface area (Å²) in [6.07, 6.45) is 0. The molecule has 2 aromatic carbocycles. The van der Waals surface area contributed by atoms with Crippen LogP contribution in [0.1, 0.15) is 41.4 Å². The molecule has 0 heterocycles. The van der Waals surface area contributed by atoms with Crippen LogP contribution in [-0.2, 0) is 10.0 Å². The zero-order valence-corrected chi connectivity index (χ0v) is 18.0. The summed E-state index contributed by atoms with van der Waals surface area (Å²) in [5.74, 6) is -0.338. The van der Waals surface area contributed by atoms with Crippen molar-refractivity contribution < 1.29 is 13.2 Å². The lowest BCUT2D eigenvalue weighted by Crippen LogP contribution is -2.33. The summed E-state index contributed by atoms with van der Waals surface area (Å²) in [5, 5.41) is 2.80. The Kier molecular flexibility index (Phi) is 9.10. The molecule has 2 rings (SSSR count). The second-order valence-electron chi connectivity index (χ2n) is 6.29. The molecule has 28 heavy (non-hydrogen) atoms. The van der Waals surface area contributed by atoms with Crippen LogP contribution in [-0.4, -0.2) is 38.3 Å². The van der Waals surface area contributed by atoms with Crippen molar-refractivity contribution in [1.29, 1.82) is 0 Å². The molecule has 6 nitrogen and oxygen atoms in total. The number of carbonyl (C=O) groups excluding carboxylic acids is 1. The molecule has 1 atom stereocenters. The van der Waals surface area contributed by atoms with Gasteiger partial charge in [0.1, 0.15) is 0 Å². The molecule has 3 N–H and O–H groups in total. The van der Waals surface area contributed by atoms with Crippen molar-refractivity contribution in [3.8, 4) is 0 Å². The number of carbonyl (C=O) groups is 1. The average Bonchev–Trinajstić information content (AvgIpc) is 2.67. The minimum Gasteiger partial charge on any atom is -0.350 e. The number of rotatable bonds is 8. The Morgan fingerprint density at radius 2 is 1.71 bits per heavy atom. The summed E-state index contributed by atoms with van der Waals surface area (Å²) in [6.45, 7) is 6.36. The van der Waals surface area contributed by atoms with E-state index in [1.54, 1.807) is 26.8 Å². The summed E-state index contributed by atoms with van der Waals surface area (Å²) in [7, 11) is -3.62. The number of benzene rings is 2. The number of nitrogens with one attached hydrogen (secondary N) is 1. The number of nitrogens with two attached hydrogens (primary N) is 1. The number of sulfonamides is 1. The standard InChI is InChI=1S/C20H27N3O3S.ClH/c1-4-23(5-2)27(25,26)17-12-11-15(3)18(13-17)20(24)22-14-19(21)16-9-7-6-8-10-16;/h6-13,19H,4-5,14,21H2,1-3H3,(H,22,24);1H. The first-order valence-electron chi connectivity index (χ1n) is 9.00. The van der Waals surface area contributed by atoms with Crippen molar-refractivity contribution in [2.45, 2.75) is 31.7 Å². The van der Waals surface area contributed by atoms with Crippen LogP contribution in [0.3, 0.4) is 0 Å². The Hall–Kier alpha value is -1.93. The quantitative estimate of drug-likeness (QED) is 0.680. The fourth-order valence-corrected chi connectivity index (χ4v) is 4.32. The fraction of sp³-hybridized carbons (Fsp3) is 0.350. The van der Waals surface area contributed by atoms with Crippen LogP contribution < -0.4 is 11.1 Å². The van der Waals surface area contributed by atoms with Crippen molar-refractivity contribution in [3.05, 3.63) is 65.2 Å². The Bertz CT molecular complexity index is 885. The zero-order valence-electron chi connectivity index (χ0n) is 16.4. The smallest absolute Gasteiger partial charge is 0.251 e. The van der Waals surface area contributed by atoms with Crippen molar-refractivity contribution in [3.63, 3.8) is 0 Å². The van der Waals surface area contributed by atoms with Gasteiger partial charge in [-0.25, -0.2) is 8.42 Å². The van der Waals surface area contributed by atoms with E-state index in [4.69, 9.17) is 5.73 Å². The number of aryl methyl sites for hydroxylation is 1. The molecule has 8 heteroatoms. The monoisotopic (exact) mass is 425 g/mol. The second-order valence-corrected chi connectivity index (χ2v) is 8.23. The molecule has 0 radical (unpaired) electrons. The van der Waals surface area contributed by atoms with Gasteiger partial charge in [-0.15, -0.1) is 12.4 Å². The van der Waals surface area contributed by atoms with Gasteiger partial charge in [0.25, 0.3) is 5.91 Å². The largest absolute Gasteiger partial charge is 0.350 e. The molecule has 0 bridgehead atoms. The number of amides is 1. The van der Waals surface area contributed by atoms with Crippen LogP contribution in [0, 0.1) is 6.92 Å². The molecule has 0 aliphatic heterocycles. The van der Waals surface area contributed by atoms with Crippen LogP contribution in [0.25, 0.3) is 0 Å². The van der Waals surface area contributed by atoms with Gasteiger partial charge in [-0.1, -0.05) is 50.2 Å². The van der Waals surface area contributed by atoms with E-state index in [0.29, 0.717) is 24.2 Å². The van der Waals surface area contributed by atoms with Crippen LogP contribution in [0.2, 0.25) is 0 Å². The molecule has 0 aromatic heterocycles. The SMILES string of the molecule is CCN(CC)S(=O)(=O)c1ccc(C)c(C(=O)NCC(N)c2ccccc2)c1.Cl. The van der Waals surface area contributed by atoms with E-state index in [9.17, 15) is 13.2 Å². The second kappa shape index (κ2) is 10.6. The van der Waals surface area contributed by atoms with Crippen LogP contribution in [0.15, 0.2) is 53.4 Å². The number of hydrogen-bond donors (Lipinski definition) is 2. The van der Waals surface area contributed by atoms with E-state index in [1.807, 2.05) is 30.3 Å². The molecule has 0 spiro atoms. The molecule has 154 valence electrons. The van der Waals surface area contributed by atoms with Crippen LogP contribution in [0.4, 0.5) is 0 Å². The van der Waals surface area contributed by atoms with Gasteiger partial charge in [-0.3, -0.25) is 4.79 Å². The Labute approximate surface area is 173 Å². The van der Waals surface area contributed by atoms with Crippen LogP contribution >= 0.6 is 12.4 Å². The highest BCUT2D eigenvalue weighted by Crippen LogP contribution is 2.20.